The van der Waals surface area contributed by atoms with E-state index in [1.54, 1.807) is 24.5 Å². The van der Waals surface area contributed by atoms with Crippen LogP contribution in [-0.2, 0) is 14.4 Å². The number of hydrogen-bond donors (Lipinski definition) is 1. The maximum Gasteiger partial charge on any atom is 0.233 e. The molecule has 1 aliphatic carbocycles. The minimum Gasteiger partial charge on any atom is -0.326 e. The second-order valence-corrected chi connectivity index (χ2v) is 5.87. The van der Waals surface area contributed by atoms with Crippen LogP contribution in [0.4, 0.5) is 5.69 Å². The van der Waals surface area contributed by atoms with E-state index in [9.17, 15) is 14.4 Å². The SMILES string of the molecule is O=C(CCCN1C(=O)[C@@H]2CC=CC[C@H]2C1=O)Nc1ccncc1. The number of pyridine rings is 1. The average molecular weight is 313 g/mol. The molecule has 0 unspecified atom stereocenters. The van der Waals surface area contributed by atoms with Crippen molar-refractivity contribution in [3.05, 3.63) is 36.7 Å². The summed E-state index contributed by atoms with van der Waals surface area (Å²) in [5.74, 6) is -0.691. The molecular weight excluding hydrogens is 294 g/mol. The molecule has 0 saturated carbocycles. The highest BCUT2D eigenvalue weighted by Gasteiger charge is 2.46. The van der Waals surface area contributed by atoms with Gasteiger partial charge in [-0.25, -0.2) is 0 Å². The number of hydrogen-bond acceptors (Lipinski definition) is 4. The van der Waals surface area contributed by atoms with Crippen LogP contribution in [0.25, 0.3) is 0 Å². The molecule has 3 rings (SSSR count). The first-order chi connectivity index (χ1) is 11.2. The monoisotopic (exact) mass is 313 g/mol. The minimum atomic E-state index is -0.196. The summed E-state index contributed by atoms with van der Waals surface area (Å²) in [6.45, 7) is 0.314. The van der Waals surface area contributed by atoms with Crippen molar-refractivity contribution in [2.24, 2.45) is 11.8 Å². The molecule has 0 radical (unpaired) electrons. The lowest BCUT2D eigenvalue weighted by Gasteiger charge is -2.14. The Morgan fingerprint density at radius 1 is 1.13 bits per heavy atom. The van der Waals surface area contributed by atoms with Gasteiger partial charge in [0.1, 0.15) is 0 Å². The Hall–Kier alpha value is -2.50. The third-order valence-corrected chi connectivity index (χ3v) is 4.35. The first-order valence-electron chi connectivity index (χ1n) is 7.87. The molecule has 0 aromatic carbocycles. The van der Waals surface area contributed by atoms with Crippen LogP contribution in [-0.4, -0.2) is 34.2 Å². The van der Waals surface area contributed by atoms with Crippen LogP contribution in [0.15, 0.2) is 36.7 Å². The zero-order chi connectivity index (χ0) is 16.2. The van der Waals surface area contributed by atoms with Crippen molar-refractivity contribution in [3.8, 4) is 0 Å². The van der Waals surface area contributed by atoms with Gasteiger partial charge in [0.15, 0.2) is 0 Å². The van der Waals surface area contributed by atoms with E-state index in [4.69, 9.17) is 0 Å². The fraction of sp³-hybridized carbons (Fsp3) is 0.412. The van der Waals surface area contributed by atoms with E-state index in [2.05, 4.69) is 10.3 Å². The van der Waals surface area contributed by atoms with Crippen LogP contribution in [0.2, 0.25) is 0 Å². The van der Waals surface area contributed by atoms with Gasteiger partial charge in [-0.2, -0.15) is 0 Å². The van der Waals surface area contributed by atoms with Gasteiger partial charge in [0.25, 0.3) is 0 Å². The number of nitrogens with one attached hydrogen (secondary N) is 1. The number of anilines is 1. The number of amides is 3. The lowest BCUT2D eigenvalue weighted by Crippen LogP contribution is -2.32. The Kier molecular flexibility index (Phi) is 4.50. The summed E-state index contributed by atoms with van der Waals surface area (Å²) in [6, 6.07) is 3.42. The summed E-state index contributed by atoms with van der Waals surface area (Å²) in [6.07, 6.45) is 9.19. The molecule has 1 aromatic rings. The molecule has 0 bridgehead atoms. The van der Waals surface area contributed by atoms with Crippen molar-refractivity contribution >= 4 is 23.4 Å². The highest BCUT2D eigenvalue weighted by atomic mass is 16.2. The zero-order valence-electron chi connectivity index (χ0n) is 12.8. The van der Waals surface area contributed by atoms with Crippen LogP contribution in [0.5, 0.6) is 0 Å². The molecule has 2 aliphatic rings. The molecule has 1 saturated heterocycles. The highest BCUT2D eigenvalue weighted by molar-refractivity contribution is 6.05. The number of rotatable bonds is 5. The smallest absolute Gasteiger partial charge is 0.233 e. The first-order valence-corrected chi connectivity index (χ1v) is 7.87. The highest BCUT2D eigenvalue weighted by Crippen LogP contribution is 2.35. The third kappa shape index (κ3) is 3.31. The van der Waals surface area contributed by atoms with Crippen LogP contribution in [0.1, 0.15) is 25.7 Å². The largest absolute Gasteiger partial charge is 0.326 e. The van der Waals surface area contributed by atoms with Crippen molar-refractivity contribution in [2.45, 2.75) is 25.7 Å². The molecule has 6 heteroatoms. The van der Waals surface area contributed by atoms with Crippen molar-refractivity contribution < 1.29 is 14.4 Å². The van der Waals surface area contributed by atoms with Gasteiger partial charge in [-0.3, -0.25) is 24.3 Å². The summed E-state index contributed by atoms with van der Waals surface area (Å²) in [5, 5.41) is 2.76. The summed E-state index contributed by atoms with van der Waals surface area (Å²) in [5.41, 5.74) is 0.690. The number of imide groups is 1. The van der Waals surface area contributed by atoms with Crippen molar-refractivity contribution in [1.29, 1.82) is 0 Å². The van der Waals surface area contributed by atoms with Gasteiger partial charge in [-0.15, -0.1) is 0 Å². The van der Waals surface area contributed by atoms with Gasteiger partial charge < -0.3 is 5.32 Å². The maximum absolute atomic E-state index is 12.3. The standard InChI is InChI=1S/C17H19N3O3/c21-15(19-12-7-9-18-10-8-12)6-3-11-20-16(22)13-4-1-2-5-14(13)17(20)23/h1-2,7-10,13-14H,3-6,11H2,(H,18,19,21)/t13-,14-/m1/s1. The maximum atomic E-state index is 12.3. The van der Waals surface area contributed by atoms with E-state index in [0.29, 0.717) is 31.5 Å². The molecule has 2 heterocycles. The van der Waals surface area contributed by atoms with E-state index < -0.39 is 0 Å². The normalized spacial score (nSPS) is 23.0. The summed E-state index contributed by atoms with van der Waals surface area (Å²) in [4.78, 5) is 41.6. The average Bonchev–Trinajstić information content (AvgIpc) is 2.81. The summed E-state index contributed by atoms with van der Waals surface area (Å²) >= 11 is 0. The van der Waals surface area contributed by atoms with Crippen LogP contribution < -0.4 is 5.32 Å². The molecule has 1 fully saturated rings. The van der Waals surface area contributed by atoms with Gasteiger partial charge in [0, 0.05) is 31.0 Å². The molecular formula is C17H19N3O3. The first kappa shape index (κ1) is 15.4. The Bertz CT molecular complexity index is 616. The van der Waals surface area contributed by atoms with Crippen molar-refractivity contribution in [1.82, 2.24) is 9.88 Å². The van der Waals surface area contributed by atoms with Gasteiger partial charge in [-0.1, -0.05) is 12.2 Å². The Morgan fingerprint density at radius 3 is 2.35 bits per heavy atom. The minimum absolute atomic E-state index is 0.0844. The van der Waals surface area contributed by atoms with E-state index in [0.717, 1.165) is 0 Å². The molecule has 120 valence electrons. The number of aromatic nitrogens is 1. The van der Waals surface area contributed by atoms with E-state index in [-0.39, 0.29) is 36.0 Å². The fourth-order valence-corrected chi connectivity index (χ4v) is 3.15. The summed E-state index contributed by atoms with van der Waals surface area (Å²) in [7, 11) is 0. The van der Waals surface area contributed by atoms with E-state index in [1.165, 1.54) is 4.90 Å². The second-order valence-electron chi connectivity index (χ2n) is 5.87. The number of nitrogens with zero attached hydrogens (tertiary/aromatic N) is 2. The van der Waals surface area contributed by atoms with E-state index in [1.807, 2.05) is 12.2 Å². The predicted molar refractivity (Wildman–Crippen MR) is 84.2 cm³/mol. The molecule has 1 aliphatic heterocycles. The lowest BCUT2D eigenvalue weighted by molar-refractivity contribution is -0.140. The topological polar surface area (TPSA) is 79.4 Å². The van der Waals surface area contributed by atoms with Crippen molar-refractivity contribution in [2.75, 3.05) is 11.9 Å². The van der Waals surface area contributed by atoms with Gasteiger partial charge >= 0.3 is 0 Å². The second kappa shape index (κ2) is 6.73. The van der Waals surface area contributed by atoms with Gasteiger partial charge in [0.2, 0.25) is 17.7 Å². The Balaban J connectivity index is 1.48. The number of carbonyl (C=O) groups is 3. The Labute approximate surface area is 134 Å². The molecule has 23 heavy (non-hydrogen) atoms. The number of allylic oxidation sites excluding steroid dienone is 2. The molecule has 0 spiro atoms. The summed E-state index contributed by atoms with van der Waals surface area (Å²) < 4.78 is 0. The number of carbonyl (C=O) groups excluding carboxylic acids is 3. The number of likely N-dealkylation sites (tertiary alicyclic amines) is 1. The molecule has 1 aromatic heterocycles. The zero-order valence-corrected chi connectivity index (χ0v) is 12.8. The predicted octanol–water partition coefficient (Wildman–Crippen LogP) is 1.75. The van der Waals surface area contributed by atoms with Crippen LogP contribution >= 0.6 is 0 Å². The van der Waals surface area contributed by atoms with Gasteiger partial charge in [0.05, 0.1) is 11.8 Å². The quantitative estimate of drug-likeness (QED) is 0.663. The fourth-order valence-electron chi connectivity index (χ4n) is 3.15. The number of fused-ring (bicyclic) bond motifs is 1. The molecule has 1 N–H and O–H groups in total. The Morgan fingerprint density at radius 2 is 1.74 bits per heavy atom. The molecule has 2 atom stereocenters. The molecule has 3 amide bonds. The van der Waals surface area contributed by atoms with Crippen molar-refractivity contribution in [3.63, 3.8) is 0 Å². The van der Waals surface area contributed by atoms with Crippen LogP contribution in [0, 0.1) is 11.8 Å². The third-order valence-electron chi connectivity index (χ3n) is 4.35. The molecule has 6 nitrogen and oxygen atoms in total. The van der Waals surface area contributed by atoms with Gasteiger partial charge in [-0.05, 0) is 31.4 Å². The lowest BCUT2D eigenvalue weighted by atomic mass is 9.85. The van der Waals surface area contributed by atoms with Crippen LogP contribution in [0.3, 0.4) is 0 Å². The van der Waals surface area contributed by atoms with E-state index >= 15 is 0 Å².